The minimum absolute atomic E-state index is 0.0742. The molecule has 114 valence electrons. The van der Waals surface area contributed by atoms with Crippen molar-refractivity contribution in [3.8, 4) is 22.0 Å². The summed E-state index contributed by atoms with van der Waals surface area (Å²) in [4.78, 5) is 8.61. The van der Waals surface area contributed by atoms with Gasteiger partial charge in [-0.2, -0.15) is 18.3 Å². The molecule has 0 aliphatic heterocycles. The molecule has 0 bridgehead atoms. The van der Waals surface area contributed by atoms with Gasteiger partial charge in [0.05, 0.1) is 4.21 Å². The molecule has 0 amide bonds. The summed E-state index contributed by atoms with van der Waals surface area (Å²) in [6.07, 6.45) is -0.941. The Hall–Kier alpha value is -1.87. The van der Waals surface area contributed by atoms with Crippen LogP contribution in [-0.4, -0.2) is 26.4 Å². The van der Waals surface area contributed by atoms with Gasteiger partial charge in [0.2, 0.25) is 5.82 Å². The zero-order valence-corrected chi connectivity index (χ0v) is 12.8. The Morgan fingerprint density at radius 3 is 2.55 bits per heavy atom. The number of hydrogen-bond acceptors (Lipinski definition) is 5. The van der Waals surface area contributed by atoms with Gasteiger partial charge in [-0.1, -0.05) is 0 Å². The second kappa shape index (κ2) is 5.73. The lowest BCUT2D eigenvalue weighted by molar-refractivity contribution is -0.144. The van der Waals surface area contributed by atoms with E-state index in [0.29, 0.717) is 0 Å². The number of thioether (sulfide) groups is 1. The summed E-state index contributed by atoms with van der Waals surface area (Å²) in [5.41, 5.74) is 1.19. The molecule has 0 saturated carbocycles. The van der Waals surface area contributed by atoms with Crippen molar-refractivity contribution >= 4 is 23.1 Å². The van der Waals surface area contributed by atoms with Crippen molar-refractivity contribution in [2.45, 2.75) is 10.4 Å². The van der Waals surface area contributed by atoms with Gasteiger partial charge >= 0.3 is 6.18 Å². The minimum Gasteiger partial charge on any atom is -0.255 e. The Balaban J connectivity index is 1.86. The van der Waals surface area contributed by atoms with Gasteiger partial charge < -0.3 is 0 Å². The van der Waals surface area contributed by atoms with Crippen LogP contribution in [0.5, 0.6) is 0 Å². The zero-order valence-electron chi connectivity index (χ0n) is 11.2. The molecule has 0 aliphatic carbocycles. The van der Waals surface area contributed by atoms with Crippen LogP contribution < -0.4 is 0 Å². The molecule has 1 N–H and O–H groups in total. The largest absolute Gasteiger partial charge is 0.451 e. The summed E-state index contributed by atoms with van der Waals surface area (Å²) in [6.45, 7) is 0. The molecule has 0 saturated heterocycles. The smallest absolute Gasteiger partial charge is 0.255 e. The first-order chi connectivity index (χ1) is 10.5. The average Bonchev–Trinajstić information content (AvgIpc) is 3.16. The number of H-pyrrole nitrogens is 1. The van der Waals surface area contributed by atoms with Crippen molar-refractivity contribution in [3.63, 3.8) is 0 Å². The lowest BCUT2D eigenvalue weighted by atomic mass is 10.2. The van der Waals surface area contributed by atoms with Crippen LogP contribution in [0.25, 0.3) is 22.0 Å². The number of nitrogens with zero attached hydrogens (tertiary/aromatic N) is 3. The van der Waals surface area contributed by atoms with Crippen LogP contribution in [0, 0.1) is 0 Å². The van der Waals surface area contributed by atoms with Crippen LogP contribution in [0.15, 0.2) is 34.7 Å². The number of halogens is 3. The quantitative estimate of drug-likeness (QED) is 0.720. The van der Waals surface area contributed by atoms with Crippen molar-refractivity contribution in [2.24, 2.45) is 0 Å². The van der Waals surface area contributed by atoms with Crippen molar-refractivity contribution < 1.29 is 13.2 Å². The molecule has 3 aromatic rings. The molecule has 0 spiro atoms. The van der Waals surface area contributed by atoms with Crippen LogP contribution in [0.4, 0.5) is 13.2 Å². The molecule has 9 heteroatoms. The summed E-state index contributed by atoms with van der Waals surface area (Å²) >= 11 is 3.29. The predicted molar refractivity (Wildman–Crippen MR) is 79.7 cm³/mol. The third-order valence-electron chi connectivity index (χ3n) is 2.81. The normalized spacial score (nSPS) is 11.8. The number of thiophene rings is 1. The van der Waals surface area contributed by atoms with Gasteiger partial charge in [-0.15, -0.1) is 23.1 Å². The van der Waals surface area contributed by atoms with E-state index in [9.17, 15) is 13.2 Å². The van der Waals surface area contributed by atoms with Gasteiger partial charge in [0.1, 0.15) is 5.69 Å². The molecule has 3 rings (SSSR count). The van der Waals surface area contributed by atoms with Crippen LogP contribution in [-0.2, 0) is 6.18 Å². The molecule has 0 aliphatic rings. The Kier molecular flexibility index (Phi) is 3.92. The van der Waals surface area contributed by atoms with Gasteiger partial charge in [0.15, 0.2) is 5.82 Å². The van der Waals surface area contributed by atoms with E-state index in [0.717, 1.165) is 10.4 Å². The topological polar surface area (TPSA) is 54.5 Å². The molecule has 3 aromatic heterocycles. The SMILES string of the molecule is CSc1ccc(-c2ccc(-c3n[nH]c(C(F)(F)F)n3)nc2)s1. The van der Waals surface area contributed by atoms with Gasteiger partial charge in [0, 0.05) is 16.6 Å². The molecule has 0 unspecified atom stereocenters. The minimum atomic E-state index is -4.55. The molecular weight excluding hydrogens is 333 g/mol. The summed E-state index contributed by atoms with van der Waals surface area (Å²) in [5.74, 6) is -1.20. The fourth-order valence-electron chi connectivity index (χ4n) is 1.76. The van der Waals surface area contributed by atoms with Gasteiger partial charge in [-0.25, -0.2) is 4.98 Å². The van der Waals surface area contributed by atoms with Crippen LogP contribution in [0.3, 0.4) is 0 Å². The monoisotopic (exact) mass is 342 g/mol. The molecule has 0 aromatic carbocycles. The van der Waals surface area contributed by atoms with E-state index in [1.807, 2.05) is 23.5 Å². The number of aromatic amines is 1. The zero-order chi connectivity index (χ0) is 15.7. The number of rotatable bonds is 3. The van der Waals surface area contributed by atoms with E-state index in [-0.39, 0.29) is 11.5 Å². The Morgan fingerprint density at radius 2 is 2.00 bits per heavy atom. The Labute approximate surface area is 131 Å². The van der Waals surface area contributed by atoms with E-state index >= 15 is 0 Å². The molecule has 3 heterocycles. The van der Waals surface area contributed by atoms with Crippen molar-refractivity contribution in [3.05, 3.63) is 36.3 Å². The average molecular weight is 342 g/mol. The maximum atomic E-state index is 12.5. The molecule has 22 heavy (non-hydrogen) atoms. The van der Waals surface area contributed by atoms with E-state index < -0.39 is 12.0 Å². The molecule has 4 nitrogen and oxygen atoms in total. The maximum Gasteiger partial charge on any atom is 0.451 e. The first-order valence-corrected chi connectivity index (χ1v) is 8.12. The third kappa shape index (κ3) is 3.00. The molecule has 0 radical (unpaired) electrons. The summed E-state index contributed by atoms with van der Waals surface area (Å²) in [6, 6.07) is 7.41. The Morgan fingerprint density at radius 1 is 1.18 bits per heavy atom. The second-order valence-corrected chi connectivity index (χ2v) is 6.45. The predicted octanol–water partition coefficient (Wildman–Crippen LogP) is 4.34. The van der Waals surface area contributed by atoms with E-state index in [4.69, 9.17) is 0 Å². The van der Waals surface area contributed by atoms with E-state index in [2.05, 4.69) is 15.1 Å². The van der Waals surface area contributed by atoms with Crippen LogP contribution >= 0.6 is 23.1 Å². The maximum absolute atomic E-state index is 12.5. The van der Waals surface area contributed by atoms with Gasteiger partial charge in [-0.3, -0.25) is 10.1 Å². The molecular formula is C13H9F3N4S2. The summed E-state index contributed by atoms with van der Waals surface area (Å²) < 4.78 is 38.6. The summed E-state index contributed by atoms with van der Waals surface area (Å²) in [7, 11) is 0. The lowest BCUT2D eigenvalue weighted by Crippen LogP contribution is -2.07. The van der Waals surface area contributed by atoms with Crippen molar-refractivity contribution in [2.75, 3.05) is 6.26 Å². The van der Waals surface area contributed by atoms with Gasteiger partial charge in [0.25, 0.3) is 0 Å². The van der Waals surface area contributed by atoms with Crippen molar-refractivity contribution in [1.29, 1.82) is 0 Å². The van der Waals surface area contributed by atoms with Crippen molar-refractivity contribution in [1.82, 2.24) is 20.2 Å². The second-order valence-electron chi connectivity index (χ2n) is 4.26. The lowest BCUT2D eigenvalue weighted by Gasteiger charge is -1.99. The molecule has 0 fully saturated rings. The van der Waals surface area contributed by atoms with E-state index in [1.165, 1.54) is 4.21 Å². The first kappa shape index (κ1) is 15.0. The van der Waals surface area contributed by atoms with E-state index in [1.54, 1.807) is 41.4 Å². The fraction of sp³-hybridized carbons (Fsp3) is 0.154. The highest BCUT2D eigenvalue weighted by atomic mass is 32.2. The first-order valence-electron chi connectivity index (χ1n) is 6.07. The molecule has 0 atom stereocenters. The highest BCUT2D eigenvalue weighted by Crippen LogP contribution is 2.33. The van der Waals surface area contributed by atoms with Crippen LogP contribution in [0.2, 0.25) is 0 Å². The number of alkyl halides is 3. The fourth-order valence-corrected chi connectivity index (χ4v) is 3.29. The highest BCUT2D eigenvalue weighted by Gasteiger charge is 2.35. The number of pyridine rings is 1. The van der Waals surface area contributed by atoms with Crippen LogP contribution in [0.1, 0.15) is 5.82 Å². The standard InChI is InChI=1S/C13H9F3N4S2/c1-21-10-5-4-9(22-10)7-2-3-8(17-6-7)11-18-12(20-19-11)13(14,15)16/h2-6H,1H3,(H,18,19,20). The Bertz CT molecular complexity index is 777. The number of aromatic nitrogens is 4. The summed E-state index contributed by atoms with van der Waals surface area (Å²) in [5, 5.41) is 5.43. The highest BCUT2D eigenvalue weighted by molar-refractivity contribution is 8.00. The third-order valence-corrected chi connectivity index (χ3v) is 5.03. The number of nitrogens with one attached hydrogen (secondary N) is 1. The van der Waals surface area contributed by atoms with Gasteiger partial charge in [-0.05, 0) is 30.5 Å². The number of hydrogen-bond donors (Lipinski definition) is 1.